The van der Waals surface area contributed by atoms with Gasteiger partial charge >= 0.3 is 0 Å². The van der Waals surface area contributed by atoms with E-state index in [9.17, 15) is 0 Å². The van der Waals surface area contributed by atoms with Crippen molar-refractivity contribution in [3.05, 3.63) is 29.6 Å². The van der Waals surface area contributed by atoms with Crippen LogP contribution in [0.1, 0.15) is 36.9 Å². The fourth-order valence-corrected chi connectivity index (χ4v) is 3.21. The fourth-order valence-electron chi connectivity index (χ4n) is 3.21. The summed E-state index contributed by atoms with van der Waals surface area (Å²) in [7, 11) is 0. The molecule has 0 saturated carbocycles. The van der Waals surface area contributed by atoms with Gasteiger partial charge in [-0.1, -0.05) is 6.08 Å². The average molecular weight is 283 g/mol. The molecule has 1 fully saturated rings. The number of rotatable bonds is 2. The number of hydrogen-bond donors (Lipinski definition) is 1. The predicted octanol–water partition coefficient (Wildman–Crippen LogP) is 2.36. The molecule has 0 radical (unpaired) electrons. The van der Waals surface area contributed by atoms with Crippen LogP contribution in [0.5, 0.6) is 0 Å². The number of nitrogens with zero attached hydrogens (tertiary/aromatic N) is 4. The van der Waals surface area contributed by atoms with Gasteiger partial charge in [-0.25, -0.2) is 9.50 Å². The van der Waals surface area contributed by atoms with Gasteiger partial charge in [-0.3, -0.25) is 0 Å². The minimum absolute atomic E-state index is 0.929. The number of anilines is 1. The molecule has 0 aromatic carbocycles. The molecule has 5 nitrogen and oxygen atoms in total. The minimum Gasteiger partial charge on any atom is -0.384 e. The standard InChI is InChI=1S/C16H21N5/c1-12-10-15-18-14(13-6-2-3-7-17-13)11-21(15)19-16(12)20-8-4-5-9-20/h6,10-11,17H,2-5,7-9H2,1H3. The second kappa shape index (κ2) is 5.06. The first-order valence-electron chi connectivity index (χ1n) is 7.88. The van der Waals surface area contributed by atoms with Crippen LogP contribution in [0.2, 0.25) is 0 Å². The Bertz CT molecular complexity index is 694. The highest BCUT2D eigenvalue weighted by molar-refractivity contribution is 5.64. The SMILES string of the molecule is Cc1cc2nc(C3=CCCCN3)cn2nc1N1CCCC1. The number of fused-ring (bicyclic) bond motifs is 1. The predicted molar refractivity (Wildman–Crippen MR) is 84.4 cm³/mol. The first-order valence-corrected chi connectivity index (χ1v) is 7.88. The molecule has 0 bridgehead atoms. The summed E-state index contributed by atoms with van der Waals surface area (Å²) in [5.41, 5.74) is 4.29. The van der Waals surface area contributed by atoms with Crippen molar-refractivity contribution in [1.82, 2.24) is 19.9 Å². The number of imidazole rings is 1. The number of allylic oxidation sites excluding steroid dienone is 1. The zero-order chi connectivity index (χ0) is 14.2. The van der Waals surface area contributed by atoms with Crippen molar-refractivity contribution in [2.45, 2.75) is 32.6 Å². The Kier molecular flexibility index (Phi) is 3.05. The highest BCUT2D eigenvalue weighted by Crippen LogP contribution is 2.24. The Morgan fingerprint density at radius 1 is 1.19 bits per heavy atom. The molecule has 0 atom stereocenters. The van der Waals surface area contributed by atoms with Crippen LogP contribution in [0.3, 0.4) is 0 Å². The van der Waals surface area contributed by atoms with Gasteiger partial charge in [-0.15, -0.1) is 5.10 Å². The van der Waals surface area contributed by atoms with Crippen molar-refractivity contribution in [3.63, 3.8) is 0 Å². The van der Waals surface area contributed by atoms with Crippen LogP contribution in [0.15, 0.2) is 18.3 Å². The van der Waals surface area contributed by atoms with E-state index < -0.39 is 0 Å². The molecule has 0 spiro atoms. The van der Waals surface area contributed by atoms with E-state index in [1.54, 1.807) is 0 Å². The summed E-state index contributed by atoms with van der Waals surface area (Å²) >= 11 is 0. The lowest BCUT2D eigenvalue weighted by Crippen LogP contribution is -2.21. The van der Waals surface area contributed by atoms with E-state index in [0.717, 1.165) is 48.9 Å². The van der Waals surface area contributed by atoms with E-state index in [0.29, 0.717) is 0 Å². The van der Waals surface area contributed by atoms with Crippen molar-refractivity contribution in [2.75, 3.05) is 24.5 Å². The molecule has 1 N–H and O–H groups in total. The summed E-state index contributed by atoms with van der Waals surface area (Å²) in [6.45, 7) is 5.40. The van der Waals surface area contributed by atoms with Gasteiger partial charge in [0.1, 0.15) is 5.69 Å². The van der Waals surface area contributed by atoms with E-state index in [-0.39, 0.29) is 0 Å². The van der Waals surface area contributed by atoms with Crippen LogP contribution in [-0.2, 0) is 0 Å². The lowest BCUT2D eigenvalue weighted by molar-refractivity contribution is 0.741. The molecule has 1 saturated heterocycles. The summed E-state index contributed by atoms with van der Waals surface area (Å²) in [6, 6.07) is 2.15. The van der Waals surface area contributed by atoms with Crippen LogP contribution in [0.25, 0.3) is 11.3 Å². The lowest BCUT2D eigenvalue weighted by Gasteiger charge is -2.18. The van der Waals surface area contributed by atoms with Gasteiger partial charge in [-0.05, 0) is 44.2 Å². The Morgan fingerprint density at radius 2 is 2.05 bits per heavy atom. The first-order chi connectivity index (χ1) is 10.3. The Morgan fingerprint density at radius 3 is 2.81 bits per heavy atom. The first kappa shape index (κ1) is 12.7. The van der Waals surface area contributed by atoms with Crippen molar-refractivity contribution in [1.29, 1.82) is 0 Å². The smallest absolute Gasteiger partial charge is 0.154 e. The van der Waals surface area contributed by atoms with E-state index in [2.05, 4.69) is 29.3 Å². The van der Waals surface area contributed by atoms with Crippen molar-refractivity contribution >= 4 is 17.2 Å². The molecular formula is C16H21N5. The minimum atomic E-state index is 0.929. The second-order valence-corrected chi connectivity index (χ2v) is 5.96. The lowest BCUT2D eigenvalue weighted by atomic mass is 10.1. The molecule has 2 aromatic rings. The highest BCUT2D eigenvalue weighted by Gasteiger charge is 2.18. The van der Waals surface area contributed by atoms with Gasteiger partial charge in [0.25, 0.3) is 0 Å². The Labute approximate surface area is 124 Å². The number of aromatic nitrogens is 3. The van der Waals surface area contributed by atoms with Gasteiger partial charge < -0.3 is 10.2 Å². The van der Waals surface area contributed by atoms with Crippen LogP contribution in [0, 0.1) is 6.92 Å². The largest absolute Gasteiger partial charge is 0.384 e. The van der Waals surface area contributed by atoms with Crippen LogP contribution in [0.4, 0.5) is 5.82 Å². The molecular weight excluding hydrogens is 262 g/mol. The summed E-state index contributed by atoms with van der Waals surface area (Å²) in [6.07, 6.45) is 9.14. The summed E-state index contributed by atoms with van der Waals surface area (Å²) in [5, 5.41) is 8.23. The maximum Gasteiger partial charge on any atom is 0.154 e. The highest BCUT2D eigenvalue weighted by atomic mass is 15.3. The molecule has 0 unspecified atom stereocenters. The van der Waals surface area contributed by atoms with Gasteiger partial charge in [-0.2, -0.15) is 0 Å². The third kappa shape index (κ3) is 2.26. The molecule has 2 aliphatic rings. The summed E-state index contributed by atoms with van der Waals surface area (Å²) < 4.78 is 1.92. The third-order valence-electron chi connectivity index (χ3n) is 4.34. The molecule has 0 aliphatic carbocycles. The molecule has 5 heteroatoms. The van der Waals surface area contributed by atoms with Crippen LogP contribution < -0.4 is 10.2 Å². The Hall–Kier alpha value is -2.04. The molecule has 110 valence electrons. The average Bonchev–Trinajstić information content (AvgIpc) is 3.16. The second-order valence-electron chi connectivity index (χ2n) is 5.96. The molecule has 21 heavy (non-hydrogen) atoms. The third-order valence-corrected chi connectivity index (χ3v) is 4.34. The molecule has 4 heterocycles. The summed E-state index contributed by atoms with van der Waals surface area (Å²) in [4.78, 5) is 7.10. The van der Waals surface area contributed by atoms with Gasteiger partial charge in [0.15, 0.2) is 11.5 Å². The maximum absolute atomic E-state index is 4.80. The quantitative estimate of drug-likeness (QED) is 0.919. The van der Waals surface area contributed by atoms with Crippen LogP contribution >= 0.6 is 0 Å². The molecule has 2 aromatic heterocycles. The molecule has 4 rings (SSSR count). The monoisotopic (exact) mass is 283 g/mol. The summed E-state index contributed by atoms with van der Waals surface area (Å²) in [5.74, 6) is 1.11. The van der Waals surface area contributed by atoms with Crippen LogP contribution in [-0.4, -0.2) is 34.2 Å². The van der Waals surface area contributed by atoms with E-state index in [1.807, 2.05) is 10.7 Å². The number of hydrogen-bond acceptors (Lipinski definition) is 4. The van der Waals surface area contributed by atoms with E-state index >= 15 is 0 Å². The zero-order valence-corrected chi connectivity index (χ0v) is 12.5. The molecule has 2 aliphatic heterocycles. The van der Waals surface area contributed by atoms with E-state index in [4.69, 9.17) is 10.1 Å². The van der Waals surface area contributed by atoms with Gasteiger partial charge in [0.2, 0.25) is 0 Å². The maximum atomic E-state index is 4.80. The zero-order valence-electron chi connectivity index (χ0n) is 12.5. The topological polar surface area (TPSA) is 45.5 Å². The Balaban J connectivity index is 1.75. The van der Waals surface area contributed by atoms with Gasteiger partial charge in [0, 0.05) is 19.6 Å². The van der Waals surface area contributed by atoms with Crippen molar-refractivity contribution in [3.8, 4) is 0 Å². The number of nitrogens with one attached hydrogen (secondary N) is 1. The van der Waals surface area contributed by atoms with E-state index in [1.165, 1.54) is 24.8 Å². The normalized spacial score (nSPS) is 18.9. The number of aryl methyl sites for hydroxylation is 1. The molecule has 0 amide bonds. The van der Waals surface area contributed by atoms with Crippen molar-refractivity contribution in [2.24, 2.45) is 0 Å². The van der Waals surface area contributed by atoms with Crippen molar-refractivity contribution < 1.29 is 0 Å². The van der Waals surface area contributed by atoms with Gasteiger partial charge in [0.05, 0.1) is 11.9 Å². The fraction of sp³-hybridized carbons (Fsp3) is 0.500.